The van der Waals surface area contributed by atoms with Crippen LogP contribution in [0.3, 0.4) is 0 Å². The molecule has 1 unspecified atom stereocenters. The van der Waals surface area contributed by atoms with Crippen LogP contribution < -0.4 is 0 Å². The molecule has 0 amide bonds. The molecule has 86 valence electrons. The molecule has 0 N–H and O–H groups in total. The van der Waals surface area contributed by atoms with Crippen LogP contribution in [0.4, 0.5) is 0 Å². The summed E-state index contributed by atoms with van der Waals surface area (Å²) in [5.41, 5.74) is 0. The molecule has 1 rings (SSSR count). The Morgan fingerprint density at radius 2 is 2.13 bits per heavy atom. The number of nitriles is 1. The molecule has 1 atom stereocenters. The van der Waals surface area contributed by atoms with E-state index in [9.17, 15) is 8.42 Å². The van der Waals surface area contributed by atoms with Gasteiger partial charge >= 0.3 is 0 Å². The molecule has 6 heteroatoms. The lowest BCUT2D eigenvalue weighted by Crippen LogP contribution is -2.30. The van der Waals surface area contributed by atoms with Gasteiger partial charge in [-0.1, -0.05) is 6.42 Å². The Morgan fingerprint density at radius 1 is 1.40 bits per heavy atom. The van der Waals surface area contributed by atoms with Gasteiger partial charge in [0.05, 0.1) is 11.8 Å². The van der Waals surface area contributed by atoms with Crippen molar-refractivity contribution >= 4 is 21.4 Å². The van der Waals surface area contributed by atoms with Gasteiger partial charge in [0, 0.05) is 12.4 Å². The van der Waals surface area contributed by atoms with Gasteiger partial charge in [0.15, 0.2) is 9.84 Å². The highest BCUT2D eigenvalue weighted by molar-refractivity contribution is 7.91. The van der Waals surface area contributed by atoms with Crippen LogP contribution in [0.5, 0.6) is 0 Å². The minimum Gasteiger partial charge on any atom is -0.273 e. The van der Waals surface area contributed by atoms with Crippen LogP contribution in [-0.2, 0) is 9.84 Å². The van der Waals surface area contributed by atoms with Crippen molar-refractivity contribution in [2.75, 3.05) is 24.1 Å². The lowest BCUT2D eigenvalue weighted by molar-refractivity contribution is 0.299. The fourth-order valence-corrected chi connectivity index (χ4v) is 3.54. The fourth-order valence-electron chi connectivity index (χ4n) is 1.67. The lowest BCUT2D eigenvalue weighted by Gasteiger charge is -2.16. The highest BCUT2D eigenvalue weighted by Gasteiger charge is 2.34. The van der Waals surface area contributed by atoms with Crippen molar-refractivity contribution in [1.29, 1.82) is 5.26 Å². The van der Waals surface area contributed by atoms with Gasteiger partial charge in [-0.3, -0.25) is 4.90 Å². The van der Waals surface area contributed by atoms with Gasteiger partial charge in [0.2, 0.25) is 0 Å². The number of sulfone groups is 1. The van der Waals surface area contributed by atoms with Crippen molar-refractivity contribution in [3.63, 3.8) is 0 Å². The summed E-state index contributed by atoms with van der Waals surface area (Å²) in [5.74, 6) is 0.658. The first-order valence-electron chi connectivity index (χ1n) is 4.99. The normalized spacial score (nSPS) is 25.2. The molecule has 0 aromatic carbocycles. The first kappa shape index (κ1) is 12.8. The van der Waals surface area contributed by atoms with Crippen LogP contribution in [0.15, 0.2) is 0 Å². The van der Waals surface area contributed by atoms with Crippen LogP contribution >= 0.6 is 11.6 Å². The Kier molecular flexibility index (Phi) is 4.84. The Balaban J connectivity index is 2.38. The molecular weight excluding hydrogens is 236 g/mol. The summed E-state index contributed by atoms with van der Waals surface area (Å²) in [6.45, 7) is 0.675. The van der Waals surface area contributed by atoms with Crippen molar-refractivity contribution in [1.82, 2.24) is 4.90 Å². The van der Waals surface area contributed by atoms with Crippen molar-refractivity contribution < 1.29 is 8.42 Å². The summed E-state index contributed by atoms with van der Waals surface area (Å²) in [4.78, 5) is 1.74. The Morgan fingerprint density at radius 3 is 2.73 bits per heavy atom. The maximum atomic E-state index is 11.3. The highest BCUT2D eigenvalue weighted by atomic mass is 35.5. The van der Waals surface area contributed by atoms with Gasteiger partial charge in [0.1, 0.15) is 11.9 Å². The second-order valence-corrected chi connectivity index (χ2v) is 6.20. The van der Waals surface area contributed by atoms with Crippen molar-refractivity contribution in [3.8, 4) is 6.07 Å². The van der Waals surface area contributed by atoms with Gasteiger partial charge < -0.3 is 0 Å². The molecule has 0 bridgehead atoms. The van der Waals surface area contributed by atoms with Crippen LogP contribution in [-0.4, -0.2) is 43.4 Å². The molecule has 1 heterocycles. The Hall–Kier alpha value is -0.310. The summed E-state index contributed by atoms with van der Waals surface area (Å²) in [7, 11) is -3.02. The zero-order valence-corrected chi connectivity index (χ0v) is 10.1. The molecule has 0 spiro atoms. The minimum atomic E-state index is -3.02. The molecule has 15 heavy (non-hydrogen) atoms. The third-order valence-electron chi connectivity index (χ3n) is 2.44. The van der Waals surface area contributed by atoms with E-state index in [4.69, 9.17) is 16.9 Å². The quantitative estimate of drug-likeness (QED) is 0.539. The second-order valence-electron chi connectivity index (χ2n) is 3.75. The van der Waals surface area contributed by atoms with E-state index in [1.54, 1.807) is 4.90 Å². The maximum Gasteiger partial charge on any atom is 0.166 e. The smallest absolute Gasteiger partial charge is 0.166 e. The average molecular weight is 251 g/mol. The number of nitrogens with zero attached hydrogens (tertiary/aromatic N) is 2. The van der Waals surface area contributed by atoms with E-state index in [1.165, 1.54) is 0 Å². The highest BCUT2D eigenvalue weighted by Crippen LogP contribution is 2.15. The van der Waals surface area contributed by atoms with Crippen LogP contribution in [0.2, 0.25) is 0 Å². The number of hydrogen-bond acceptors (Lipinski definition) is 4. The SMILES string of the molecule is N#CC1CS(=O)(=O)CN1CCCCCCl. The summed E-state index contributed by atoms with van der Waals surface area (Å²) < 4.78 is 22.6. The fraction of sp³-hybridized carbons (Fsp3) is 0.889. The van der Waals surface area contributed by atoms with Crippen molar-refractivity contribution in [2.45, 2.75) is 25.3 Å². The molecule has 0 aromatic heterocycles. The standard InChI is InChI=1S/C9H15ClN2O2S/c10-4-2-1-3-5-12-8-15(13,14)7-9(12)6-11/h9H,1-5,7-8H2. The lowest BCUT2D eigenvalue weighted by atomic mass is 10.2. The predicted molar refractivity (Wildman–Crippen MR) is 59.3 cm³/mol. The van der Waals surface area contributed by atoms with Gasteiger partial charge in [-0.2, -0.15) is 5.26 Å². The van der Waals surface area contributed by atoms with E-state index >= 15 is 0 Å². The zero-order valence-electron chi connectivity index (χ0n) is 8.52. The summed E-state index contributed by atoms with van der Waals surface area (Å²) >= 11 is 5.54. The summed E-state index contributed by atoms with van der Waals surface area (Å²) in [6.07, 6.45) is 2.83. The van der Waals surface area contributed by atoms with Crippen molar-refractivity contribution in [3.05, 3.63) is 0 Å². The van der Waals surface area contributed by atoms with Crippen molar-refractivity contribution in [2.24, 2.45) is 0 Å². The zero-order chi connectivity index (χ0) is 11.3. The third-order valence-corrected chi connectivity index (χ3v) is 4.26. The van der Waals surface area contributed by atoms with Crippen LogP contribution in [0.25, 0.3) is 0 Å². The van der Waals surface area contributed by atoms with Gasteiger partial charge in [-0.25, -0.2) is 8.42 Å². The van der Waals surface area contributed by atoms with Gasteiger partial charge in [0.25, 0.3) is 0 Å². The maximum absolute atomic E-state index is 11.3. The Bertz CT molecular complexity index is 337. The summed E-state index contributed by atoms with van der Waals surface area (Å²) in [6, 6.07) is 1.58. The number of rotatable bonds is 5. The van der Waals surface area contributed by atoms with E-state index in [-0.39, 0.29) is 11.6 Å². The molecule has 1 saturated heterocycles. The predicted octanol–water partition coefficient (Wildman–Crippen LogP) is 0.976. The van der Waals surface area contributed by atoms with E-state index in [2.05, 4.69) is 0 Å². The molecule has 4 nitrogen and oxygen atoms in total. The van der Waals surface area contributed by atoms with E-state index in [0.717, 1.165) is 19.3 Å². The first-order chi connectivity index (χ1) is 7.09. The summed E-state index contributed by atoms with van der Waals surface area (Å²) in [5, 5.41) is 8.79. The number of hydrogen-bond donors (Lipinski definition) is 0. The number of halogens is 1. The molecule has 0 radical (unpaired) electrons. The molecule has 1 fully saturated rings. The molecular formula is C9H15ClN2O2S. The molecule has 1 aliphatic rings. The van der Waals surface area contributed by atoms with E-state index < -0.39 is 15.9 Å². The molecule has 0 aliphatic carbocycles. The molecule has 0 aromatic rings. The number of alkyl halides is 1. The van der Waals surface area contributed by atoms with Crippen LogP contribution in [0.1, 0.15) is 19.3 Å². The molecule has 0 saturated carbocycles. The van der Waals surface area contributed by atoms with E-state index in [0.29, 0.717) is 12.4 Å². The monoisotopic (exact) mass is 250 g/mol. The third kappa shape index (κ3) is 3.98. The first-order valence-corrected chi connectivity index (χ1v) is 7.35. The van der Waals surface area contributed by atoms with Crippen LogP contribution in [0, 0.1) is 11.3 Å². The average Bonchev–Trinajstić information content (AvgIpc) is 2.48. The van der Waals surface area contributed by atoms with Gasteiger partial charge in [-0.05, 0) is 12.8 Å². The second kappa shape index (κ2) is 5.69. The minimum absolute atomic E-state index is 0.0149. The number of unbranched alkanes of at least 4 members (excludes halogenated alkanes) is 2. The van der Waals surface area contributed by atoms with E-state index in [1.807, 2.05) is 6.07 Å². The largest absolute Gasteiger partial charge is 0.273 e. The molecule has 1 aliphatic heterocycles. The topological polar surface area (TPSA) is 61.2 Å². The van der Waals surface area contributed by atoms with Gasteiger partial charge in [-0.15, -0.1) is 11.6 Å². The Labute approximate surface area is 95.7 Å².